The summed E-state index contributed by atoms with van der Waals surface area (Å²) in [7, 11) is 0. The molecule has 2 heteroatoms. The molecule has 0 radical (unpaired) electrons. The Labute approximate surface area is 170 Å². The van der Waals surface area contributed by atoms with E-state index in [0.29, 0.717) is 0 Å². The molecule has 0 N–H and O–H groups in total. The zero-order chi connectivity index (χ0) is 18.1. The van der Waals surface area contributed by atoms with Crippen LogP contribution in [0.15, 0.2) is 91.0 Å². The van der Waals surface area contributed by atoms with Crippen molar-refractivity contribution in [3.63, 3.8) is 0 Å². The maximum absolute atomic E-state index is 2.28. The van der Waals surface area contributed by atoms with E-state index in [-0.39, 0.29) is 12.4 Å². The fraction of sp³-hybridized carbons (Fsp3) is 0.280. The molecule has 142 valence electrons. The van der Waals surface area contributed by atoms with E-state index in [9.17, 15) is 0 Å². The summed E-state index contributed by atoms with van der Waals surface area (Å²) in [5.74, 6) is 0. The van der Waals surface area contributed by atoms with E-state index in [1.807, 2.05) is 0 Å². The highest BCUT2D eigenvalue weighted by atomic mass is 35.5. The van der Waals surface area contributed by atoms with Gasteiger partial charge in [-0.25, -0.2) is 4.48 Å². The molecule has 0 spiro atoms. The van der Waals surface area contributed by atoms with Gasteiger partial charge in [0.25, 0.3) is 0 Å². The number of hydrogen-bond donors (Lipinski definition) is 0. The smallest absolute Gasteiger partial charge is 0.143 e. The van der Waals surface area contributed by atoms with Gasteiger partial charge < -0.3 is 12.4 Å². The average molecular weight is 380 g/mol. The number of rotatable bonds is 9. The Bertz CT molecular complexity index is 659. The maximum Gasteiger partial charge on any atom is 0.143 e. The van der Waals surface area contributed by atoms with Crippen LogP contribution in [-0.2, 0) is 0 Å². The molecule has 0 atom stereocenters. The highest BCUT2D eigenvalue weighted by molar-refractivity contribution is 5.70. The van der Waals surface area contributed by atoms with Crippen LogP contribution in [0.5, 0.6) is 0 Å². The first-order valence-electron chi connectivity index (χ1n) is 9.93. The zero-order valence-corrected chi connectivity index (χ0v) is 17.0. The molecule has 0 heterocycles. The second kappa shape index (κ2) is 10.9. The van der Waals surface area contributed by atoms with Crippen LogP contribution in [-0.4, -0.2) is 6.54 Å². The number of unbranched alkanes of at least 4 members (excludes halogenated alkanes) is 4. The van der Waals surface area contributed by atoms with Gasteiger partial charge in [0, 0.05) is 0 Å². The molecular formula is C25H30ClN. The van der Waals surface area contributed by atoms with Crippen molar-refractivity contribution in [2.45, 2.75) is 39.0 Å². The summed E-state index contributed by atoms with van der Waals surface area (Å²) < 4.78 is 0.786. The summed E-state index contributed by atoms with van der Waals surface area (Å²) in [6.45, 7) is 3.36. The predicted molar refractivity (Wildman–Crippen MR) is 114 cm³/mol. The summed E-state index contributed by atoms with van der Waals surface area (Å²) in [6.07, 6.45) is 6.46. The van der Waals surface area contributed by atoms with Gasteiger partial charge in [0.15, 0.2) is 0 Å². The molecule has 0 unspecified atom stereocenters. The van der Waals surface area contributed by atoms with Gasteiger partial charge >= 0.3 is 0 Å². The highest BCUT2D eigenvalue weighted by Gasteiger charge is 2.35. The Morgan fingerprint density at radius 1 is 0.519 bits per heavy atom. The fourth-order valence-corrected chi connectivity index (χ4v) is 3.83. The van der Waals surface area contributed by atoms with Gasteiger partial charge in [0.05, 0.1) is 6.54 Å². The topological polar surface area (TPSA) is 0 Å². The third kappa shape index (κ3) is 5.00. The molecule has 0 fully saturated rings. The Morgan fingerprint density at radius 3 is 1.26 bits per heavy atom. The molecule has 1 nitrogen and oxygen atoms in total. The van der Waals surface area contributed by atoms with E-state index in [1.165, 1.54) is 49.2 Å². The van der Waals surface area contributed by atoms with Crippen molar-refractivity contribution in [2.24, 2.45) is 0 Å². The van der Waals surface area contributed by atoms with Gasteiger partial charge in [0.1, 0.15) is 17.1 Å². The van der Waals surface area contributed by atoms with Gasteiger partial charge in [-0.15, -0.1) is 0 Å². The molecule has 0 saturated carbocycles. The summed E-state index contributed by atoms with van der Waals surface area (Å²) in [5, 5.41) is 0. The number of para-hydroxylation sites is 3. The van der Waals surface area contributed by atoms with Crippen molar-refractivity contribution in [2.75, 3.05) is 6.54 Å². The first-order chi connectivity index (χ1) is 12.9. The van der Waals surface area contributed by atoms with Gasteiger partial charge in [0.2, 0.25) is 0 Å². The van der Waals surface area contributed by atoms with Crippen molar-refractivity contribution in [3.8, 4) is 0 Å². The van der Waals surface area contributed by atoms with Crippen LogP contribution >= 0.6 is 0 Å². The Kier molecular flexibility index (Phi) is 8.57. The molecule has 3 rings (SSSR count). The van der Waals surface area contributed by atoms with Gasteiger partial charge in [-0.05, 0) is 49.2 Å². The third-order valence-electron chi connectivity index (χ3n) is 5.19. The zero-order valence-electron chi connectivity index (χ0n) is 16.2. The van der Waals surface area contributed by atoms with E-state index >= 15 is 0 Å². The summed E-state index contributed by atoms with van der Waals surface area (Å²) in [5.41, 5.74) is 4.00. The van der Waals surface area contributed by atoms with Gasteiger partial charge in [-0.2, -0.15) is 0 Å². The fourth-order valence-electron chi connectivity index (χ4n) is 3.83. The molecule has 3 aromatic rings. The third-order valence-corrected chi connectivity index (χ3v) is 5.19. The molecule has 0 aliphatic rings. The minimum absolute atomic E-state index is 0. The lowest BCUT2D eigenvalue weighted by Gasteiger charge is -2.37. The van der Waals surface area contributed by atoms with Crippen molar-refractivity contribution < 1.29 is 12.4 Å². The van der Waals surface area contributed by atoms with E-state index in [0.717, 1.165) is 11.0 Å². The first-order valence-corrected chi connectivity index (χ1v) is 9.93. The highest BCUT2D eigenvalue weighted by Crippen LogP contribution is 2.43. The largest absolute Gasteiger partial charge is 1.00 e. The summed E-state index contributed by atoms with van der Waals surface area (Å²) in [6, 6.07) is 32.9. The molecule has 0 aromatic heterocycles. The van der Waals surface area contributed by atoms with E-state index in [1.54, 1.807) is 0 Å². The van der Waals surface area contributed by atoms with Crippen LogP contribution in [0, 0.1) is 0 Å². The molecule has 0 aliphatic carbocycles. The number of benzene rings is 3. The van der Waals surface area contributed by atoms with E-state index in [4.69, 9.17) is 0 Å². The first kappa shape index (κ1) is 21.2. The number of quaternary nitrogens is 1. The average Bonchev–Trinajstić information content (AvgIpc) is 2.73. The second-order valence-electron chi connectivity index (χ2n) is 6.95. The lowest BCUT2D eigenvalue weighted by molar-refractivity contribution is -0.00000525. The minimum Gasteiger partial charge on any atom is -1.00 e. The van der Waals surface area contributed by atoms with Crippen LogP contribution in [0.4, 0.5) is 17.1 Å². The summed E-state index contributed by atoms with van der Waals surface area (Å²) >= 11 is 0. The molecule has 0 aliphatic heterocycles. The Hall–Kier alpha value is -2.09. The van der Waals surface area contributed by atoms with Crippen LogP contribution in [0.3, 0.4) is 0 Å². The van der Waals surface area contributed by atoms with E-state index < -0.39 is 0 Å². The normalized spacial score (nSPS) is 11.0. The number of halogens is 1. The maximum atomic E-state index is 2.28. The quantitative estimate of drug-likeness (QED) is 0.375. The number of nitrogens with zero attached hydrogens (tertiary/aromatic N) is 1. The van der Waals surface area contributed by atoms with Crippen molar-refractivity contribution in [3.05, 3.63) is 91.0 Å². The van der Waals surface area contributed by atoms with Crippen LogP contribution < -0.4 is 16.9 Å². The number of hydrogen-bond acceptors (Lipinski definition) is 0. The molecule has 0 saturated heterocycles. The molecule has 27 heavy (non-hydrogen) atoms. The molecule has 3 aromatic carbocycles. The van der Waals surface area contributed by atoms with Gasteiger partial charge in [-0.3, -0.25) is 0 Å². The van der Waals surface area contributed by atoms with Crippen LogP contribution in [0.2, 0.25) is 0 Å². The van der Waals surface area contributed by atoms with Crippen molar-refractivity contribution in [1.82, 2.24) is 4.48 Å². The standard InChI is InChI=1S/C25H30N.ClH/c1-2-3-4-5-15-22-26(23-16-9-6-10-17-23,24-18-11-7-12-19-24)25-20-13-8-14-21-25;/h6-14,16-21H,2-5,15,22H2,1H3;1H/q+1;/p-1. The SMILES string of the molecule is CCCCCCC[N+](c1ccccc1)(c1ccccc1)c1ccccc1.[Cl-]. The lowest BCUT2D eigenvalue weighted by atomic mass is 10.1. The second-order valence-corrected chi connectivity index (χ2v) is 6.95. The summed E-state index contributed by atoms with van der Waals surface area (Å²) in [4.78, 5) is 0. The Morgan fingerprint density at radius 2 is 0.889 bits per heavy atom. The van der Waals surface area contributed by atoms with E-state index in [2.05, 4.69) is 97.9 Å². The van der Waals surface area contributed by atoms with Crippen molar-refractivity contribution >= 4 is 17.1 Å². The lowest BCUT2D eigenvalue weighted by Crippen LogP contribution is -3.00. The van der Waals surface area contributed by atoms with Crippen LogP contribution in [0.25, 0.3) is 0 Å². The minimum atomic E-state index is 0. The van der Waals surface area contributed by atoms with Crippen molar-refractivity contribution in [1.29, 1.82) is 0 Å². The molecular weight excluding hydrogens is 350 g/mol. The van der Waals surface area contributed by atoms with Crippen LogP contribution in [0.1, 0.15) is 39.0 Å². The predicted octanol–water partition coefficient (Wildman–Crippen LogP) is 4.63. The molecule has 0 amide bonds. The van der Waals surface area contributed by atoms with Gasteiger partial charge in [-0.1, -0.05) is 80.8 Å². The Balaban J connectivity index is 0.00000261. The monoisotopic (exact) mass is 379 g/mol. The molecule has 0 bridgehead atoms.